The predicted molar refractivity (Wildman–Crippen MR) is 105 cm³/mol. The van der Waals surface area contributed by atoms with Crippen molar-refractivity contribution in [3.8, 4) is 5.75 Å². The highest BCUT2D eigenvalue weighted by Crippen LogP contribution is 2.31. The molecule has 0 unspecified atom stereocenters. The Morgan fingerprint density at radius 3 is 2.68 bits per heavy atom. The van der Waals surface area contributed by atoms with Gasteiger partial charge in [-0.15, -0.1) is 0 Å². The zero-order chi connectivity index (χ0) is 19.9. The average Bonchev–Trinajstić information content (AvgIpc) is 2.71. The van der Waals surface area contributed by atoms with E-state index in [1.807, 2.05) is 12.1 Å². The molecule has 0 spiro atoms. The monoisotopic (exact) mass is 382 g/mol. The molecule has 0 atom stereocenters. The first kappa shape index (κ1) is 19.4. The molecule has 0 bridgehead atoms. The van der Waals surface area contributed by atoms with E-state index in [0.29, 0.717) is 35.8 Å². The first-order valence-electron chi connectivity index (χ1n) is 8.99. The molecular formula is C20H22N4O4. The minimum absolute atomic E-state index is 0.0528. The third kappa shape index (κ3) is 4.47. The van der Waals surface area contributed by atoms with E-state index in [1.54, 1.807) is 36.4 Å². The van der Waals surface area contributed by atoms with Crippen LogP contribution in [0.4, 0.5) is 11.4 Å². The molecule has 146 valence electrons. The second kappa shape index (κ2) is 9.01. The number of rotatable bonds is 7. The van der Waals surface area contributed by atoms with Gasteiger partial charge in [-0.25, -0.2) is 0 Å². The van der Waals surface area contributed by atoms with E-state index in [0.717, 1.165) is 0 Å². The van der Waals surface area contributed by atoms with E-state index in [1.165, 1.54) is 4.90 Å². The van der Waals surface area contributed by atoms with Gasteiger partial charge < -0.3 is 26.0 Å². The fourth-order valence-corrected chi connectivity index (χ4v) is 2.90. The van der Waals surface area contributed by atoms with E-state index in [-0.39, 0.29) is 37.3 Å². The topological polar surface area (TPSA) is 114 Å². The Balaban J connectivity index is 1.64. The van der Waals surface area contributed by atoms with E-state index in [9.17, 15) is 14.4 Å². The van der Waals surface area contributed by atoms with Crippen LogP contribution in [0.1, 0.15) is 16.8 Å². The van der Waals surface area contributed by atoms with Gasteiger partial charge in [0.05, 0.1) is 16.9 Å². The molecule has 28 heavy (non-hydrogen) atoms. The summed E-state index contributed by atoms with van der Waals surface area (Å²) in [5.74, 6) is -0.188. The molecule has 2 aromatic rings. The predicted octanol–water partition coefficient (Wildman–Crippen LogP) is 1.13. The van der Waals surface area contributed by atoms with Gasteiger partial charge in [-0.1, -0.05) is 24.3 Å². The summed E-state index contributed by atoms with van der Waals surface area (Å²) in [6.07, 6.45) is 0.0822. The normalized spacial score (nSPS) is 12.8. The molecule has 2 aromatic carbocycles. The van der Waals surface area contributed by atoms with Crippen molar-refractivity contribution in [1.29, 1.82) is 0 Å². The number of para-hydroxylation sites is 3. The van der Waals surface area contributed by atoms with Crippen LogP contribution in [0.3, 0.4) is 0 Å². The van der Waals surface area contributed by atoms with Crippen LogP contribution in [-0.2, 0) is 9.59 Å². The molecule has 8 heteroatoms. The number of hydrogen-bond donors (Lipinski definition) is 3. The van der Waals surface area contributed by atoms with Crippen molar-refractivity contribution >= 4 is 29.1 Å². The Labute approximate surface area is 162 Å². The first-order valence-corrected chi connectivity index (χ1v) is 8.99. The van der Waals surface area contributed by atoms with Crippen molar-refractivity contribution in [2.24, 2.45) is 5.73 Å². The van der Waals surface area contributed by atoms with Gasteiger partial charge in [0.25, 0.3) is 11.8 Å². The summed E-state index contributed by atoms with van der Waals surface area (Å²) in [7, 11) is 0. The SMILES string of the molecule is NCCNC(=O)c1ccccc1NC(=O)CCN1C(=O)COc2ccccc21. The number of amides is 3. The highest BCUT2D eigenvalue weighted by Gasteiger charge is 2.25. The van der Waals surface area contributed by atoms with Gasteiger partial charge in [0, 0.05) is 26.1 Å². The van der Waals surface area contributed by atoms with Gasteiger partial charge in [-0.3, -0.25) is 14.4 Å². The molecule has 0 saturated heterocycles. The Morgan fingerprint density at radius 2 is 1.86 bits per heavy atom. The summed E-state index contributed by atoms with van der Waals surface area (Å²) in [5, 5.41) is 5.43. The molecule has 1 aliphatic heterocycles. The summed E-state index contributed by atoms with van der Waals surface area (Å²) in [6, 6.07) is 13.9. The van der Waals surface area contributed by atoms with Crippen LogP contribution in [0.2, 0.25) is 0 Å². The number of fused-ring (bicyclic) bond motifs is 1. The van der Waals surface area contributed by atoms with Crippen LogP contribution in [0.5, 0.6) is 5.75 Å². The van der Waals surface area contributed by atoms with Gasteiger partial charge in [0.1, 0.15) is 5.75 Å². The fraction of sp³-hybridized carbons (Fsp3) is 0.250. The highest BCUT2D eigenvalue weighted by molar-refractivity contribution is 6.04. The largest absolute Gasteiger partial charge is 0.482 e. The summed E-state index contributed by atoms with van der Waals surface area (Å²) >= 11 is 0. The van der Waals surface area contributed by atoms with Crippen molar-refractivity contribution in [2.75, 3.05) is 36.5 Å². The molecule has 1 heterocycles. The lowest BCUT2D eigenvalue weighted by molar-refractivity contribution is -0.121. The van der Waals surface area contributed by atoms with E-state index in [4.69, 9.17) is 10.5 Å². The molecule has 1 aliphatic rings. The van der Waals surface area contributed by atoms with Gasteiger partial charge in [-0.2, -0.15) is 0 Å². The van der Waals surface area contributed by atoms with Crippen molar-refractivity contribution in [2.45, 2.75) is 6.42 Å². The standard InChI is InChI=1S/C20H22N4O4/c21-10-11-22-20(27)14-5-1-2-6-15(14)23-18(25)9-12-24-16-7-3-4-8-17(16)28-13-19(24)26/h1-8H,9-13,21H2,(H,22,27)(H,23,25). The summed E-state index contributed by atoms with van der Waals surface area (Å²) in [4.78, 5) is 38.4. The number of hydrogen-bond acceptors (Lipinski definition) is 5. The summed E-state index contributed by atoms with van der Waals surface area (Å²) in [6.45, 7) is 0.838. The summed E-state index contributed by atoms with van der Waals surface area (Å²) in [5.41, 5.74) is 6.82. The second-order valence-corrected chi connectivity index (χ2v) is 6.19. The number of ether oxygens (including phenoxy) is 1. The maximum Gasteiger partial charge on any atom is 0.265 e. The molecule has 8 nitrogen and oxygen atoms in total. The number of nitrogens with zero attached hydrogens (tertiary/aromatic N) is 1. The second-order valence-electron chi connectivity index (χ2n) is 6.19. The zero-order valence-corrected chi connectivity index (χ0v) is 15.3. The number of anilines is 2. The third-order valence-electron chi connectivity index (χ3n) is 4.25. The third-order valence-corrected chi connectivity index (χ3v) is 4.25. The maximum absolute atomic E-state index is 12.4. The lowest BCUT2D eigenvalue weighted by Gasteiger charge is -2.29. The molecule has 0 aliphatic carbocycles. The fourth-order valence-electron chi connectivity index (χ4n) is 2.90. The van der Waals surface area contributed by atoms with Gasteiger partial charge in [0.2, 0.25) is 5.91 Å². The van der Waals surface area contributed by atoms with Crippen LogP contribution in [0.15, 0.2) is 48.5 Å². The quantitative estimate of drug-likeness (QED) is 0.664. The van der Waals surface area contributed by atoms with Crippen LogP contribution in [0, 0.1) is 0 Å². The number of nitrogens with two attached hydrogens (primary N) is 1. The molecule has 0 saturated carbocycles. The minimum Gasteiger partial charge on any atom is -0.482 e. The molecule has 0 fully saturated rings. The zero-order valence-electron chi connectivity index (χ0n) is 15.3. The lowest BCUT2D eigenvalue weighted by Crippen LogP contribution is -2.40. The minimum atomic E-state index is -0.307. The number of carbonyl (C=O) groups excluding carboxylic acids is 3. The van der Waals surface area contributed by atoms with Gasteiger partial charge in [-0.05, 0) is 24.3 Å². The van der Waals surface area contributed by atoms with Crippen molar-refractivity contribution in [1.82, 2.24) is 5.32 Å². The van der Waals surface area contributed by atoms with Gasteiger partial charge >= 0.3 is 0 Å². The molecule has 3 amide bonds. The molecule has 0 aromatic heterocycles. The highest BCUT2D eigenvalue weighted by atomic mass is 16.5. The Kier molecular flexibility index (Phi) is 6.23. The Hall–Kier alpha value is -3.39. The molecule has 0 radical (unpaired) electrons. The Bertz CT molecular complexity index is 884. The van der Waals surface area contributed by atoms with Crippen molar-refractivity contribution < 1.29 is 19.1 Å². The van der Waals surface area contributed by atoms with E-state index < -0.39 is 0 Å². The number of benzene rings is 2. The smallest absolute Gasteiger partial charge is 0.265 e. The molecule has 4 N–H and O–H groups in total. The van der Waals surface area contributed by atoms with Crippen LogP contribution < -0.4 is 26.0 Å². The maximum atomic E-state index is 12.4. The Morgan fingerprint density at radius 1 is 1.11 bits per heavy atom. The van der Waals surface area contributed by atoms with Crippen molar-refractivity contribution in [3.05, 3.63) is 54.1 Å². The number of carbonyl (C=O) groups is 3. The summed E-state index contributed by atoms with van der Waals surface area (Å²) < 4.78 is 5.40. The average molecular weight is 382 g/mol. The van der Waals surface area contributed by atoms with Crippen LogP contribution >= 0.6 is 0 Å². The van der Waals surface area contributed by atoms with Gasteiger partial charge in [0.15, 0.2) is 6.61 Å². The lowest BCUT2D eigenvalue weighted by atomic mass is 10.1. The van der Waals surface area contributed by atoms with Crippen LogP contribution in [0.25, 0.3) is 0 Å². The van der Waals surface area contributed by atoms with E-state index in [2.05, 4.69) is 10.6 Å². The van der Waals surface area contributed by atoms with Crippen LogP contribution in [-0.4, -0.2) is 44.0 Å². The molecule has 3 rings (SSSR count). The van der Waals surface area contributed by atoms with Crippen molar-refractivity contribution in [3.63, 3.8) is 0 Å². The number of nitrogens with one attached hydrogen (secondary N) is 2. The van der Waals surface area contributed by atoms with E-state index >= 15 is 0 Å². The first-order chi connectivity index (χ1) is 13.6. The molecular weight excluding hydrogens is 360 g/mol.